The maximum atomic E-state index is 12.3. The van der Waals surface area contributed by atoms with Gasteiger partial charge in [0.2, 0.25) is 5.91 Å². The molecule has 5 nitrogen and oxygen atoms in total. The number of hydrogen-bond donors (Lipinski definition) is 2. The van der Waals surface area contributed by atoms with Gasteiger partial charge in [-0.1, -0.05) is 55.3 Å². The maximum Gasteiger partial charge on any atom is 0.303 e. The Balaban J connectivity index is 1.79. The number of carbonyl (C=O) groups is 2. The van der Waals surface area contributed by atoms with Crippen molar-refractivity contribution in [3.63, 3.8) is 0 Å². The first-order valence-electron chi connectivity index (χ1n) is 9.98. The number of rotatable bonds is 11. The van der Waals surface area contributed by atoms with Gasteiger partial charge in [0.05, 0.1) is 12.1 Å². The third-order valence-electron chi connectivity index (χ3n) is 4.99. The normalized spacial score (nSPS) is 18.8. The number of carboxylic acids is 1. The first kappa shape index (κ1) is 21.2. The highest BCUT2D eigenvalue weighted by Gasteiger charge is 2.25. The van der Waals surface area contributed by atoms with Crippen LogP contribution in [0.3, 0.4) is 0 Å². The molecule has 2 atom stereocenters. The number of hydrogen-bond acceptors (Lipinski definition) is 3. The standard InChI is InChI=1S/C22H31NO4/c24-20(17-18-9-4-3-5-10-18)15-14-19-11-8-12-21(25)23(19)16-7-2-1-6-13-22(26)27/h3-5,9-10,14-15,19-20,24H,1-2,6-8,11-13,16-17H2,(H,26,27)/b15-14+/t19?,20-/m0/s1. The molecule has 1 aliphatic rings. The van der Waals surface area contributed by atoms with Crippen LogP contribution in [0.1, 0.15) is 56.9 Å². The summed E-state index contributed by atoms with van der Waals surface area (Å²) in [6, 6.07) is 9.93. The minimum Gasteiger partial charge on any atom is -0.481 e. The number of piperidine rings is 1. The Kier molecular flexibility index (Phi) is 9.05. The van der Waals surface area contributed by atoms with Crippen LogP contribution in [0, 0.1) is 0 Å². The van der Waals surface area contributed by atoms with Crippen molar-refractivity contribution >= 4 is 11.9 Å². The number of likely N-dealkylation sites (tertiary alicyclic amines) is 1. The van der Waals surface area contributed by atoms with Crippen molar-refractivity contribution in [3.05, 3.63) is 48.0 Å². The van der Waals surface area contributed by atoms with Crippen LogP contribution >= 0.6 is 0 Å². The molecule has 1 amide bonds. The van der Waals surface area contributed by atoms with E-state index in [0.29, 0.717) is 25.8 Å². The molecule has 1 fully saturated rings. The third-order valence-corrected chi connectivity index (χ3v) is 4.99. The van der Waals surface area contributed by atoms with Crippen LogP contribution in [0.25, 0.3) is 0 Å². The average Bonchev–Trinajstić information content (AvgIpc) is 2.65. The zero-order valence-electron chi connectivity index (χ0n) is 15.9. The summed E-state index contributed by atoms with van der Waals surface area (Å²) in [5, 5.41) is 18.9. The zero-order chi connectivity index (χ0) is 19.5. The Labute approximate surface area is 161 Å². The molecule has 1 aliphatic heterocycles. The second-order valence-corrected chi connectivity index (χ2v) is 7.25. The molecule has 0 saturated carbocycles. The lowest BCUT2D eigenvalue weighted by atomic mass is 9.99. The third kappa shape index (κ3) is 7.95. The summed E-state index contributed by atoms with van der Waals surface area (Å²) in [5.74, 6) is -0.570. The van der Waals surface area contributed by atoms with Crippen molar-refractivity contribution in [2.75, 3.05) is 6.54 Å². The van der Waals surface area contributed by atoms with E-state index in [1.165, 1.54) is 0 Å². The molecule has 1 heterocycles. The lowest BCUT2D eigenvalue weighted by Gasteiger charge is -2.34. The van der Waals surface area contributed by atoms with Gasteiger partial charge in [0.1, 0.15) is 0 Å². The van der Waals surface area contributed by atoms with Gasteiger partial charge in [-0.15, -0.1) is 0 Å². The number of aliphatic carboxylic acids is 1. The molecule has 148 valence electrons. The summed E-state index contributed by atoms with van der Waals surface area (Å²) < 4.78 is 0. The fourth-order valence-electron chi connectivity index (χ4n) is 3.53. The highest BCUT2D eigenvalue weighted by molar-refractivity contribution is 5.77. The van der Waals surface area contributed by atoms with E-state index in [4.69, 9.17) is 5.11 Å². The summed E-state index contributed by atoms with van der Waals surface area (Å²) in [6.07, 6.45) is 9.84. The van der Waals surface area contributed by atoms with E-state index in [2.05, 4.69) is 0 Å². The van der Waals surface area contributed by atoms with Gasteiger partial charge in [-0.25, -0.2) is 0 Å². The predicted octanol–water partition coefficient (Wildman–Crippen LogP) is 3.56. The van der Waals surface area contributed by atoms with Crippen molar-refractivity contribution in [1.82, 2.24) is 4.90 Å². The van der Waals surface area contributed by atoms with Crippen LogP contribution in [0.2, 0.25) is 0 Å². The van der Waals surface area contributed by atoms with Crippen molar-refractivity contribution in [3.8, 4) is 0 Å². The predicted molar refractivity (Wildman–Crippen MR) is 105 cm³/mol. The molecule has 0 aliphatic carbocycles. The first-order valence-corrected chi connectivity index (χ1v) is 9.98. The van der Waals surface area contributed by atoms with Crippen molar-refractivity contribution in [1.29, 1.82) is 0 Å². The Morgan fingerprint density at radius 1 is 1.19 bits per heavy atom. The lowest BCUT2D eigenvalue weighted by Crippen LogP contribution is -2.43. The van der Waals surface area contributed by atoms with E-state index in [-0.39, 0.29) is 18.4 Å². The fourth-order valence-corrected chi connectivity index (χ4v) is 3.53. The summed E-state index contributed by atoms with van der Waals surface area (Å²) in [5.41, 5.74) is 1.09. The molecule has 0 aromatic heterocycles. The molecule has 0 spiro atoms. The lowest BCUT2D eigenvalue weighted by molar-refractivity contribution is -0.137. The van der Waals surface area contributed by atoms with Gasteiger partial charge in [0.25, 0.3) is 0 Å². The topological polar surface area (TPSA) is 77.8 Å². The van der Waals surface area contributed by atoms with E-state index < -0.39 is 12.1 Å². The van der Waals surface area contributed by atoms with E-state index in [1.807, 2.05) is 47.4 Å². The summed E-state index contributed by atoms with van der Waals surface area (Å²) in [7, 11) is 0. The fraction of sp³-hybridized carbons (Fsp3) is 0.545. The highest BCUT2D eigenvalue weighted by atomic mass is 16.4. The van der Waals surface area contributed by atoms with Gasteiger partial charge >= 0.3 is 5.97 Å². The van der Waals surface area contributed by atoms with Crippen LogP contribution in [0.5, 0.6) is 0 Å². The molecular weight excluding hydrogens is 342 g/mol. The summed E-state index contributed by atoms with van der Waals surface area (Å²) in [6.45, 7) is 0.704. The Bertz CT molecular complexity index is 614. The minimum atomic E-state index is -0.750. The van der Waals surface area contributed by atoms with Gasteiger partial charge in [0.15, 0.2) is 0 Å². The van der Waals surface area contributed by atoms with E-state index >= 15 is 0 Å². The van der Waals surface area contributed by atoms with Crippen LogP contribution in [0.15, 0.2) is 42.5 Å². The number of unbranched alkanes of at least 4 members (excludes halogenated alkanes) is 3. The summed E-state index contributed by atoms with van der Waals surface area (Å²) >= 11 is 0. The molecule has 27 heavy (non-hydrogen) atoms. The van der Waals surface area contributed by atoms with Crippen LogP contribution in [0.4, 0.5) is 0 Å². The number of aliphatic hydroxyl groups excluding tert-OH is 1. The molecule has 1 unspecified atom stereocenters. The van der Waals surface area contributed by atoms with Crippen molar-refractivity contribution in [2.24, 2.45) is 0 Å². The van der Waals surface area contributed by atoms with Crippen LogP contribution < -0.4 is 0 Å². The summed E-state index contributed by atoms with van der Waals surface area (Å²) in [4.78, 5) is 24.8. The smallest absolute Gasteiger partial charge is 0.303 e. The van der Waals surface area contributed by atoms with Gasteiger partial charge in [-0.3, -0.25) is 9.59 Å². The second kappa shape index (κ2) is 11.5. The van der Waals surface area contributed by atoms with E-state index in [9.17, 15) is 14.7 Å². The molecule has 5 heteroatoms. The zero-order valence-corrected chi connectivity index (χ0v) is 15.9. The van der Waals surface area contributed by atoms with E-state index in [0.717, 1.165) is 37.7 Å². The maximum absolute atomic E-state index is 12.3. The Morgan fingerprint density at radius 3 is 2.67 bits per heavy atom. The number of carboxylic acid groups (broad SMARTS) is 1. The molecule has 0 radical (unpaired) electrons. The molecule has 1 saturated heterocycles. The number of amides is 1. The van der Waals surface area contributed by atoms with Gasteiger partial charge < -0.3 is 15.1 Å². The van der Waals surface area contributed by atoms with Gasteiger partial charge in [-0.2, -0.15) is 0 Å². The Morgan fingerprint density at radius 2 is 1.93 bits per heavy atom. The van der Waals surface area contributed by atoms with Gasteiger partial charge in [0, 0.05) is 25.8 Å². The molecule has 1 aromatic rings. The highest BCUT2D eigenvalue weighted by Crippen LogP contribution is 2.21. The number of benzene rings is 1. The molecule has 0 bridgehead atoms. The average molecular weight is 373 g/mol. The first-order chi connectivity index (χ1) is 13.1. The van der Waals surface area contributed by atoms with Crippen molar-refractivity contribution < 1.29 is 19.8 Å². The molecule has 1 aromatic carbocycles. The van der Waals surface area contributed by atoms with E-state index in [1.54, 1.807) is 0 Å². The van der Waals surface area contributed by atoms with Crippen LogP contribution in [-0.2, 0) is 16.0 Å². The second-order valence-electron chi connectivity index (χ2n) is 7.25. The number of aliphatic hydroxyl groups is 1. The SMILES string of the molecule is O=C(O)CCCCCCN1C(=O)CCCC1/C=C/[C@H](O)Cc1ccccc1. The minimum absolute atomic E-state index is 0.0516. The van der Waals surface area contributed by atoms with Crippen LogP contribution in [-0.4, -0.2) is 45.7 Å². The largest absolute Gasteiger partial charge is 0.481 e. The monoisotopic (exact) mass is 373 g/mol. The Hall–Kier alpha value is -2.14. The number of carbonyl (C=O) groups excluding carboxylic acids is 1. The number of nitrogens with zero attached hydrogens (tertiary/aromatic N) is 1. The van der Waals surface area contributed by atoms with Gasteiger partial charge in [-0.05, 0) is 31.2 Å². The molecule has 2 N–H and O–H groups in total. The molecule has 2 rings (SSSR count). The molecular formula is C22H31NO4. The quantitative estimate of drug-likeness (QED) is 0.459. The van der Waals surface area contributed by atoms with Crippen molar-refractivity contribution in [2.45, 2.75) is 69.9 Å².